The molecule has 0 aliphatic carbocycles. The molecule has 1 aromatic carbocycles. The second-order valence-electron chi connectivity index (χ2n) is 4.79. The number of rotatable bonds is 3. The number of fused-ring (bicyclic) bond motifs is 1. The highest BCUT2D eigenvalue weighted by Gasteiger charge is 2.27. The quantitative estimate of drug-likeness (QED) is 0.889. The highest BCUT2D eigenvalue weighted by atomic mass is 16.3. The lowest BCUT2D eigenvalue weighted by Crippen LogP contribution is -2.37. The molecule has 0 radical (unpaired) electrons. The second kappa shape index (κ2) is 4.96. The zero-order valence-electron chi connectivity index (χ0n) is 11.1. The molecule has 6 heteroatoms. The molecule has 1 fully saturated rings. The summed E-state index contributed by atoms with van der Waals surface area (Å²) in [5, 5.41) is 5.43. The first kappa shape index (κ1) is 12.7. The standard InChI is InChI=1S/C14H15N3O3/c1-2-13-17-10-7-8(3-5-11(10)20-13)15-14(19)9-4-6-12(18)16-9/h3,5,7,9H,2,4,6H2,1H3,(H,15,19)(H,16,18)/t9-/m0/s1. The van der Waals surface area contributed by atoms with Crippen LogP contribution in [0.1, 0.15) is 25.7 Å². The predicted molar refractivity (Wildman–Crippen MR) is 73.2 cm³/mol. The van der Waals surface area contributed by atoms with Crippen LogP contribution in [0.4, 0.5) is 5.69 Å². The van der Waals surface area contributed by atoms with E-state index in [1.807, 2.05) is 6.92 Å². The third-order valence-electron chi connectivity index (χ3n) is 3.31. The summed E-state index contributed by atoms with van der Waals surface area (Å²) in [5.41, 5.74) is 2.07. The number of nitrogens with zero attached hydrogens (tertiary/aromatic N) is 1. The number of hydrogen-bond acceptors (Lipinski definition) is 4. The topological polar surface area (TPSA) is 84.2 Å². The van der Waals surface area contributed by atoms with Gasteiger partial charge in [-0.15, -0.1) is 0 Å². The third-order valence-corrected chi connectivity index (χ3v) is 3.31. The summed E-state index contributed by atoms with van der Waals surface area (Å²) in [6.07, 6.45) is 1.67. The van der Waals surface area contributed by atoms with Crippen molar-refractivity contribution in [3.63, 3.8) is 0 Å². The molecule has 0 saturated carbocycles. The summed E-state index contributed by atoms with van der Waals surface area (Å²) in [5.74, 6) is 0.394. The van der Waals surface area contributed by atoms with Gasteiger partial charge in [-0.05, 0) is 24.6 Å². The minimum Gasteiger partial charge on any atom is -0.441 e. The smallest absolute Gasteiger partial charge is 0.246 e. The van der Waals surface area contributed by atoms with Crippen molar-refractivity contribution in [1.29, 1.82) is 0 Å². The normalized spacial score (nSPS) is 18.2. The van der Waals surface area contributed by atoms with Crippen molar-refractivity contribution in [2.45, 2.75) is 32.2 Å². The van der Waals surface area contributed by atoms with Gasteiger partial charge in [0.05, 0.1) is 0 Å². The summed E-state index contributed by atoms with van der Waals surface area (Å²) in [6.45, 7) is 1.97. The van der Waals surface area contributed by atoms with Gasteiger partial charge in [-0.1, -0.05) is 6.92 Å². The first-order chi connectivity index (χ1) is 9.65. The van der Waals surface area contributed by atoms with Crippen LogP contribution in [0.15, 0.2) is 22.6 Å². The highest BCUT2D eigenvalue weighted by Crippen LogP contribution is 2.21. The van der Waals surface area contributed by atoms with Gasteiger partial charge >= 0.3 is 0 Å². The lowest BCUT2D eigenvalue weighted by Gasteiger charge is -2.10. The van der Waals surface area contributed by atoms with Crippen LogP contribution in [0.25, 0.3) is 11.1 Å². The van der Waals surface area contributed by atoms with E-state index in [2.05, 4.69) is 15.6 Å². The van der Waals surface area contributed by atoms with E-state index in [0.29, 0.717) is 30.0 Å². The monoisotopic (exact) mass is 273 g/mol. The Morgan fingerprint density at radius 3 is 3.10 bits per heavy atom. The van der Waals surface area contributed by atoms with Crippen molar-refractivity contribution in [2.24, 2.45) is 0 Å². The van der Waals surface area contributed by atoms with Crippen molar-refractivity contribution in [3.05, 3.63) is 24.1 Å². The molecule has 1 aliphatic heterocycles. The van der Waals surface area contributed by atoms with E-state index in [1.54, 1.807) is 18.2 Å². The molecule has 3 rings (SSSR count). The molecule has 2 heterocycles. The Balaban J connectivity index is 1.76. The van der Waals surface area contributed by atoms with E-state index in [4.69, 9.17) is 4.42 Å². The van der Waals surface area contributed by atoms with Crippen molar-refractivity contribution in [2.75, 3.05) is 5.32 Å². The Morgan fingerprint density at radius 2 is 2.40 bits per heavy atom. The molecule has 0 bridgehead atoms. The number of hydrogen-bond donors (Lipinski definition) is 2. The van der Waals surface area contributed by atoms with Gasteiger partial charge < -0.3 is 15.1 Å². The van der Waals surface area contributed by atoms with Crippen LogP contribution >= 0.6 is 0 Å². The average Bonchev–Trinajstić information content (AvgIpc) is 3.03. The first-order valence-corrected chi connectivity index (χ1v) is 6.65. The summed E-state index contributed by atoms with van der Waals surface area (Å²) in [7, 11) is 0. The van der Waals surface area contributed by atoms with Crippen LogP contribution in [0.5, 0.6) is 0 Å². The Hall–Kier alpha value is -2.37. The molecule has 6 nitrogen and oxygen atoms in total. The van der Waals surface area contributed by atoms with Gasteiger partial charge in [0.15, 0.2) is 11.5 Å². The molecule has 0 spiro atoms. The molecule has 1 saturated heterocycles. The second-order valence-corrected chi connectivity index (χ2v) is 4.79. The molecule has 1 aliphatic rings. The summed E-state index contributed by atoms with van der Waals surface area (Å²) >= 11 is 0. The number of aromatic nitrogens is 1. The minimum atomic E-state index is -0.443. The fourth-order valence-corrected chi connectivity index (χ4v) is 2.24. The zero-order valence-corrected chi connectivity index (χ0v) is 11.1. The fourth-order valence-electron chi connectivity index (χ4n) is 2.24. The molecule has 1 aromatic heterocycles. The maximum Gasteiger partial charge on any atom is 0.246 e. The minimum absolute atomic E-state index is 0.0790. The predicted octanol–water partition coefficient (Wildman–Crippen LogP) is 1.61. The zero-order chi connectivity index (χ0) is 14.1. The summed E-state index contributed by atoms with van der Waals surface area (Å²) < 4.78 is 5.51. The number of carbonyl (C=O) groups is 2. The SMILES string of the molecule is CCc1nc2cc(NC(=O)[C@@H]3CCC(=O)N3)ccc2o1. The number of anilines is 1. The molecular weight excluding hydrogens is 258 g/mol. The number of aryl methyl sites for hydroxylation is 1. The number of nitrogens with one attached hydrogen (secondary N) is 2. The van der Waals surface area contributed by atoms with Crippen LogP contribution in [-0.2, 0) is 16.0 Å². The van der Waals surface area contributed by atoms with Gasteiger partial charge in [0.25, 0.3) is 0 Å². The first-order valence-electron chi connectivity index (χ1n) is 6.65. The van der Waals surface area contributed by atoms with Crippen molar-refractivity contribution < 1.29 is 14.0 Å². The van der Waals surface area contributed by atoms with Crippen LogP contribution in [-0.4, -0.2) is 22.8 Å². The molecule has 2 aromatic rings. The van der Waals surface area contributed by atoms with Gasteiger partial charge in [-0.25, -0.2) is 4.98 Å². The molecule has 20 heavy (non-hydrogen) atoms. The Kier molecular flexibility index (Phi) is 3.14. The summed E-state index contributed by atoms with van der Waals surface area (Å²) in [4.78, 5) is 27.4. The lowest BCUT2D eigenvalue weighted by molar-refractivity contribution is -0.122. The number of carbonyl (C=O) groups excluding carboxylic acids is 2. The van der Waals surface area contributed by atoms with E-state index >= 15 is 0 Å². The van der Waals surface area contributed by atoms with Gasteiger partial charge in [0.2, 0.25) is 11.8 Å². The molecule has 104 valence electrons. The fraction of sp³-hybridized carbons (Fsp3) is 0.357. The van der Waals surface area contributed by atoms with Gasteiger partial charge in [0, 0.05) is 18.5 Å². The van der Waals surface area contributed by atoms with Crippen molar-refractivity contribution in [1.82, 2.24) is 10.3 Å². The van der Waals surface area contributed by atoms with E-state index < -0.39 is 6.04 Å². The number of oxazole rings is 1. The van der Waals surface area contributed by atoms with Crippen LogP contribution in [0.3, 0.4) is 0 Å². The van der Waals surface area contributed by atoms with E-state index in [-0.39, 0.29) is 11.8 Å². The largest absolute Gasteiger partial charge is 0.441 e. The van der Waals surface area contributed by atoms with Crippen molar-refractivity contribution in [3.8, 4) is 0 Å². The van der Waals surface area contributed by atoms with Crippen LogP contribution < -0.4 is 10.6 Å². The Morgan fingerprint density at radius 1 is 1.55 bits per heavy atom. The molecule has 0 unspecified atom stereocenters. The summed E-state index contributed by atoms with van der Waals surface area (Å²) in [6, 6.07) is 4.88. The lowest BCUT2D eigenvalue weighted by atomic mass is 10.2. The molecular formula is C14H15N3O3. The molecule has 2 amide bonds. The third kappa shape index (κ3) is 2.36. The maximum absolute atomic E-state index is 12.0. The van der Waals surface area contributed by atoms with E-state index in [0.717, 1.165) is 11.9 Å². The Bertz CT molecular complexity index is 677. The van der Waals surface area contributed by atoms with Gasteiger partial charge in [-0.3, -0.25) is 9.59 Å². The van der Waals surface area contributed by atoms with Crippen molar-refractivity contribution >= 4 is 28.6 Å². The Labute approximate surface area is 115 Å². The number of benzene rings is 1. The molecule has 2 N–H and O–H groups in total. The molecule has 1 atom stereocenters. The van der Waals surface area contributed by atoms with E-state index in [9.17, 15) is 9.59 Å². The van der Waals surface area contributed by atoms with Gasteiger partial charge in [-0.2, -0.15) is 0 Å². The van der Waals surface area contributed by atoms with E-state index in [1.165, 1.54) is 0 Å². The average molecular weight is 273 g/mol. The van der Waals surface area contributed by atoms with Crippen LogP contribution in [0.2, 0.25) is 0 Å². The van der Waals surface area contributed by atoms with Gasteiger partial charge in [0.1, 0.15) is 11.6 Å². The van der Waals surface area contributed by atoms with Crippen LogP contribution in [0, 0.1) is 0 Å². The number of amides is 2. The highest BCUT2D eigenvalue weighted by molar-refractivity contribution is 5.99. The maximum atomic E-state index is 12.0.